The van der Waals surface area contributed by atoms with Gasteiger partial charge in [0, 0.05) is 37.9 Å². The van der Waals surface area contributed by atoms with Gasteiger partial charge in [-0.25, -0.2) is 19.3 Å². The van der Waals surface area contributed by atoms with Crippen molar-refractivity contribution in [3.8, 4) is 0 Å². The molecule has 1 fully saturated rings. The Morgan fingerprint density at radius 3 is 2.79 bits per heavy atom. The van der Waals surface area contributed by atoms with E-state index < -0.39 is 0 Å². The number of thiazole rings is 1. The molecule has 29 heavy (non-hydrogen) atoms. The van der Waals surface area contributed by atoms with Gasteiger partial charge in [0.15, 0.2) is 0 Å². The van der Waals surface area contributed by atoms with E-state index in [-0.39, 0.29) is 17.8 Å². The van der Waals surface area contributed by atoms with Gasteiger partial charge in [-0.2, -0.15) is 0 Å². The maximum atomic E-state index is 13.1. The van der Waals surface area contributed by atoms with Gasteiger partial charge in [0.05, 0.1) is 10.7 Å². The topological polar surface area (TPSA) is 71.0 Å². The van der Waals surface area contributed by atoms with E-state index in [4.69, 9.17) is 0 Å². The van der Waals surface area contributed by atoms with Crippen LogP contribution in [0.5, 0.6) is 0 Å². The van der Waals surface area contributed by atoms with Crippen molar-refractivity contribution in [1.29, 1.82) is 0 Å². The van der Waals surface area contributed by atoms with E-state index in [0.717, 1.165) is 35.7 Å². The molecule has 1 aliphatic heterocycles. The fourth-order valence-electron chi connectivity index (χ4n) is 3.50. The molecule has 0 radical (unpaired) electrons. The van der Waals surface area contributed by atoms with Gasteiger partial charge in [0.1, 0.15) is 10.7 Å². The lowest BCUT2D eigenvalue weighted by Gasteiger charge is -2.33. The van der Waals surface area contributed by atoms with Gasteiger partial charge in [-0.1, -0.05) is 12.1 Å². The average molecular weight is 412 g/mol. The van der Waals surface area contributed by atoms with Crippen LogP contribution in [0.1, 0.15) is 38.8 Å². The summed E-state index contributed by atoms with van der Waals surface area (Å²) in [7, 11) is 0. The third-order valence-corrected chi connectivity index (χ3v) is 6.06. The number of carbonyl (C=O) groups excluding carboxylic acids is 1. The highest BCUT2D eigenvalue weighted by Gasteiger charge is 2.25. The smallest absolute Gasteiger partial charge is 0.263 e. The molecule has 1 unspecified atom stereocenters. The van der Waals surface area contributed by atoms with Crippen LogP contribution < -0.4 is 10.2 Å². The highest BCUT2D eigenvalue weighted by molar-refractivity contribution is 7.13. The van der Waals surface area contributed by atoms with Gasteiger partial charge >= 0.3 is 0 Å². The van der Waals surface area contributed by atoms with Crippen LogP contribution in [0, 0.1) is 12.7 Å². The maximum Gasteiger partial charge on any atom is 0.263 e. The van der Waals surface area contributed by atoms with E-state index in [0.29, 0.717) is 23.8 Å². The number of hydrogen-bond donors (Lipinski definition) is 1. The van der Waals surface area contributed by atoms with E-state index in [1.165, 1.54) is 23.5 Å². The molecule has 150 valence electrons. The molecule has 0 spiro atoms. The number of piperidine rings is 1. The largest absolute Gasteiger partial charge is 0.347 e. The summed E-state index contributed by atoms with van der Waals surface area (Å²) in [5, 5.41) is 3.99. The third kappa shape index (κ3) is 4.76. The number of carbonyl (C=O) groups is 1. The number of aryl methyl sites for hydroxylation is 1. The van der Waals surface area contributed by atoms with E-state index in [9.17, 15) is 9.18 Å². The van der Waals surface area contributed by atoms with E-state index >= 15 is 0 Å². The summed E-state index contributed by atoms with van der Waals surface area (Å²) in [5.74, 6) is 0.347. The highest BCUT2D eigenvalue weighted by atomic mass is 32.1. The van der Waals surface area contributed by atoms with Crippen LogP contribution in [0.25, 0.3) is 0 Å². The molecule has 3 heterocycles. The average Bonchev–Trinajstić information content (AvgIpc) is 3.11. The number of aromatic nitrogens is 3. The van der Waals surface area contributed by atoms with Crippen molar-refractivity contribution in [3.05, 3.63) is 69.7 Å². The second-order valence-electron chi connectivity index (χ2n) is 7.13. The lowest BCUT2D eigenvalue weighted by atomic mass is 10.1. The molecule has 0 bridgehead atoms. The number of nitrogens with zero attached hydrogens (tertiary/aromatic N) is 4. The van der Waals surface area contributed by atoms with Crippen molar-refractivity contribution in [3.63, 3.8) is 0 Å². The second kappa shape index (κ2) is 8.65. The molecule has 0 aliphatic carbocycles. The predicted octanol–water partition coefficient (Wildman–Crippen LogP) is 3.37. The SMILES string of the molecule is Cc1nc(Cc2ccc(F)cc2)sc1C(=O)NC1CCCN(c2ncccn2)C1. The standard InChI is InChI=1S/C21H22FN5OS/c1-14-19(29-18(25-14)12-15-5-7-16(22)8-6-15)20(28)26-17-4-2-11-27(13-17)21-23-9-3-10-24-21/h3,5-10,17H,2,4,11-13H2,1H3,(H,26,28). The molecular formula is C21H22FN5OS. The van der Waals surface area contributed by atoms with Crippen LogP contribution in [0.15, 0.2) is 42.7 Å². The molecule has 1 amide bonds. The molecule has 1 saturated heterocycles. The number of amides is 1. The lowest BCUT2D eigenvalue weighted by Crippen LogP contribution is -2.48. The Morgan fingerprint density at radius 1 is 1.28 bits per heavy atom. The summed E-state index contributed by atoms with van der Waals surface area (Å²) in [4.78, 5) is 28.7. The molecule has 8 heteroatoms. The fraction of sp³-hybridized carbons (Fsp3) is 0.333. The number of halogens is 1. The van der Waals surface area contributed by atoms with Crippen molar-refractivity contribution in [2.75, 3.05) is 18.0 Å². The molecule has 3 aromatic rings. The quantitative estimate of drug-likeness (QED) is 0.697. The Balaban J connectivity index is 1.40. The molecule has 1 aromatic carbocycles. The summed E-state index contributed by atoms with van der Waals surface area (Å²) in [6.45, 7) is 3.43. The predicted molar refractivity (Wildman–Crippen MR) is 111 cm³/mol. The minimum absolute atomic E-state index is 0.0436. The zero-order valence-electron chi connectivity index (χ0n) is 16.1. The molecule has 1 aliphatic rings. The van der Waals surface area contributed by atoms with Crippen LogP contribution in [-0.2, 0) is 6.42 Å². The van der Waals surface area contributed by atoms with Gasteiger partial charge in [0.25, 0.3) is 5.91 Å². The first-order valence-corrected chi connectivity index (χ1v) is 10.4. The summed E-state index contributed by atoms with van der Waals surface area (Å²) in [6.07, 6.45) is 5.94. The number of anilines is 1. The first-order chi connectivity index (χ1) is 14.1. The fourth-order valence-corrected chi connectivity index (χ4v) is 4.50. The van der Waals surface area contributed by atoms with Crippen molar-refractivity contribution >= 4 is 23.2 Å². The van der Waals surface area contributed by atoms with Gasteiger partial charge in [-0.15, -0.1) is 11.3 Å². The Bertz CT molecular complexity index is 976. The molecule has 2 aromatic heterocycles. The van der Waals surface area contributed by atoms with Crippen molar-refractivity contribution in [2.24, 2.45) is 0 Å². The van der Waals surface area contributed by atoms with E-state index in [1.54, 1.807) is 30.6 Å². The summed E-state index contributed by atoms with van der Waals surface area (Å²) < 4.78 is 13.1. The Labute approximate surface area is 172 Å². The summed E-state index contributed by atoms with van der Waals surface area (Å²) >= 11 is 1.40. The summed E-state index contributed by atoms with van der Waals surface area (Å²) in [5.41, 5.74) is 1.70. The lowest BCUT2D eigenvalue weighted by molar-refractivity contribution is 0.0936. The van der Waals surface area contributed by atoms with Crippen LogP contribution in [0.4, 0.5) is 10.3 Å². The summed E-state index contributed by atoms with van der Waals surface area (Å²) in [6, 6.07) is 8.20. The normalized spacial score (nSPS) is 16.6. The monoisotopic (exact) mass is 411 g/mol. The minimum Gasteiger partial charge on any atom is -0.347 e. The van der Waals surface area contributed by atoms with Gasteiger partial charge in [-0.3, -0.25) is 4.79 Å². The zero-order valence-corrected chi connectivity index (χ0v) is 17.0. The molecule has 4 rings (SSSR count). The Morgan fingerprint density at radius 2 is 2.03 bits per heavy atom. The second-order valence-corrected chi connectivity index (χ2v) is 8.22. The van der Waals surface area contributed by atoms with Crippen LogP contribution >= 0.6 is 11.3 Å². The first-order valence-electron chi connectivity index (χ1n) is 9.62. The van der Waals surface area contributed by atoms with Crippen molar-refractivity contribution < 1.29 is 9.18 Å². The highest BCUT2D eigenvalue weighted by Crippen LogP contribution is 2.22. The molecule has 6 nitrogen and oxygen atoms in total. The molecule has 0 saturated carbocycles. The van der Waals surface area contributed by atoms with Crippen LogP contribution in [0.2, 0.25) is 0 Å². The maximum absolute atomic E-state index is 13.1. The number of hydrogen-bond acceptors (Lipinski definition) is 6. The van der Waals surface area contributed by atoms with Crippen molar-refractivity contribution in [2.45, 2.75) is 32.2 Å². The van der Waals surface area contributed by atoms with Gasteiger partial charge in [0.2, 0.25) is 5.95 Å². The van der Waals surface area contributed by atoms with Crippen LogP contribution in [-0.4, -0.2) is 40.0 Å². The van der Waals surface area contributed by atoms with Gasteiger partial charge in [-0.05, 0) is 43.5 Å². The number of rotatable bonds is 5. The van der Waals surface area contributed by atoms with E-state index in [2.05, 4.69) is 25.2 Å². The number of nitrogens with one attached hydrogen (secondary N) is 1. The third-order valence-electron chi connectivity index (χ3n) is 4.91. The molecule has 1 atom stereocenters. The first kappa shape index (κ1) is 19.4. The van der Waals surface area contributed by atoms with E-state index in [1.807, 2.05) is 6.92 Å². The minimum atomic E-state index is -0.258. The Hall–Kier alpha value is -2.87. The Kier molecular flexibility index (Phi) is 5.80. The van der Waals surface area contributed by atoms with Gasteiger partial charge < -0.3 is 10.2 Å². The van der Waals surface area contributed by atoms with Crippen LogP contribution in [0.3, 0.4) is 0 Å². The number of benzene rings is 1. The molecular weight excluding hydrogens is 389 g/mol. The van der Waals surface area contributed by atoms with Crippen molar-refractivity contribution in [1.82, 2.24) is 20.3 Å². The zero-order chi connectivity index (χ0) is 20.2. The molecule has 1 N–H and O–H groups in total.